The lowest BCUT2D eigenvalue weighted by Gasteiger charge is -2.39. The number of aromatic nitrogens is 1. The summed E-state index contributed by atoms with van der Waals surface area (Å²) in [5.41, 5.74) is -0.253. The van der Waals surface area contributed by atoms with Crippen LogP contribution in [0.15, 0.2) is 42.6 Å². The van der Waals surface area contributed by atoms with Crippen molar-refractivity contribution in [1.82, 2.24) is 9.88 Å². The number of hydrogen-bond acceptors (Lipinski definition) is 4. The molecule has 166 valence electrons. The lowest BCUT2D eigenvalue weighted by atomic mass is 9.75. The Morgan fingerprint density at radius 1 is 1.19 bits per heavy atom. The molecule has 1 unspecified atom stereocenters. The van der Waals surface area contributed by atoms with Gasteiger partial charge in [-0.05, 0) is 69.5 Å². The molecule has 4 nitrogen and oxygen atoms in total. The van der Waals surface area contributed by atoms with E-state index in [1.54, 1.807) is 24.3 Å². The summed E-state index contributed by atoms with van der Waals surface area (Å²) >= 11 is 0. The number of rotatable bonds is 6. The molecule has 0 amide bonds. The highest BCUT2D eigenvalue weighted by atomic mass is 19.4. The van der Waals surface area contributed by atoms with Gasteiger partial charge in [0.25, 0.3) is 0 Å². The number of pyridine rings is 1. The van der Waals surface area contributed by atoms with E-state index in [-0.39, 0.29) is 19.4 Å². The monoisotopic (exact) mass is 435 g/mol. The van der Waals surface area contributed by atoms with Crippen LogP contribution in [-0.2, 0) is 12.0 Å². The summed E-state index contributed by atoms with van der Waals surface area (Å²) in [5, 5.41) is 19.2. The van der Waals surface area contributed by atoms with Gasteiger partial charge in [-0.25, -0.2) is 4.39 Å². The summed E-state index contributed by atoms with van der Waals surface area (Å²) in [6.45, 7) is 4.07. The minimum atomic E-state index is -4.74. The van der Waals surface area contributed by atoms with Crippen molar-refractivity contribution in [2.45, 2.75) is 50.9 Å². The summed E-state index contributed by atoms with van der Waals surface area (Å²) in [5.74, 6) is -0.481. The van der Waals surface area contributed by atoms with Gasteiger partial charge in [-0.3, -0.25) is 9.88 Å². The molecule has 3 rings (SSSR count). The standard InChI is InChI=1S/C23H25F4N3O/c1-21(2,19-8-7-18(24)14-29-19)30-12-11-22(15-30,20(31)23(25,26)27)10-9-16-3-5-17(13-28)6-4-16/h3-8,14,20,31H,9-12,15H2,1-2H3/t20?,22-/m0/s1. The van der Waals surface area contributed by atoms with E-state index >= 15 is 0 Å². The van der Waals surface area contributed by atoms with E-state index in [0.29, 0.717) is 24.2 Å². The molecule has 2 aromatic rings. The number of benzene rings is 1. The van der Waals surface area contributed by atoms with Crippen LogP contribution in [0, 0.1) is 22.6 Å². The molecule has 0 aliphatic carbocycles. The molecule has 2 heterocycles. The van der Waals surface area contributed by atoms with Gasteiger partial charge < -0.3 is 5.11 Å². The zero-order valence-electron chi connectivity index (χ0n) is 17.5. The number of aliphatic hydroxyl groups excluding tert-OH is 1. The van der Waals surface area contributed by atoms with Crippen molar-refractivity contribution in [3.63, 3.8) is 0 Å². The average Bonchev–Trinajstić information content (AvgIpc) is 3.18. The van der Waals surface area contributed by atoms with Crippen LogP contribution in [0.4, 0.5) is 17.6 Å². The topological polar surface area (TPSA) is 60.2 Å². The Hall–Kier alpha value is -2.50. The molecule has 1 aliphatic rings. The van der Waals surface area contributed by atoms with Gasteiger partial charge in [-0.2, -0.15) is 18.4 Å². The normalized spacial score (nSPS) is 21.1. The van der Waals surface area contributed by atoms with Gasteiger partial charge in [-0.15, -0.1) is 0 Å². The molecule has 1 fully saturated rings. The molecular weight excluding hydrogens is 410 g/mol. The first kappa shape index (κ1) is 23.2. The molecule has 1 aliphatic heterocycles. The third kappa shape index (κ3) is 4.89. The summed E-state index contributed by atoms with van der Waals surface area (Å²) in [4.78, 5) is 5.99. The first-order chi connectivity index (χ1) is 14.5. The van der Waals surface area contributed by atoms with Crippen LogP contribution in [-0.4, -0.2) is 40.4 Å². The highest BCUT2D eigenvalue weighted by molar-refractivity contribution is 5.31. The minimum absolute atomic E-state index is 0.0377. The van der Waals surface area contributed by atoms with Crippen molar-refractivity contribution >= 4 is 0 Å². The van der Waals surface area contributed by atoms with Crippen LogP contribution in [0.1, 0.15) is 43.5 Å². The maximum atomic E-state index is 13.6. The highest BCUT2D eigenvalue weighted by Gasteiger charge is 2.56. The number of aryl methyl sites for hydroxylation is 1. The molecule has 31 heavy (non-hydrogen) atoms. The van der Waals surface area contributed by atoms with Crippen LogP contribution in [0.5, 0.6) is 0 Å². The van der Waals surface area contributed by atoms with E-state index in [0.717, 1.165) is 11.8 Å². The number of aliphatic hydroxyl groups is 1. The summed E-state index contributed by atoms with van der Waals surface area (Å²) in [7, 11) is 0. The lowest BCUT2D eigenvalue weighted by Crippen LogP contribution is -2.49. The molecule has 1 saturated heterocycles. The third-order valence-corrected chi connectivity index (χ3v) is 6.41. The van der Waals surface area contributed by atoms with Crippen LogP contribution in [0.2, 0.25) is 0 Å². The maximum Gasteiger partial charge on any atom is 0.414 e. The van der Waals surface area contributed by atoms with E-state index < -0.39 is 29.1 Å². The molecule has 1 aromatic heterocycles. The summed E-state index contributed by atoms with van der Waals surface area (Å²) in [6.07, 6.45) is -5.44. The third-order valence-electron chi connectivity index (χ3n) is 6.41. The zero-order valence-corrected chi connectivity index (χ0v) is 17.5. The van der Waals surface area contributed by atoms with Crippen LogP contribution < -0.4 is 0 Å². The number of halogens is 4. The van der Waals surface area contributed by atoms with E-state index in [1.807, 2.05) is 24.8 Å². The van der Waals surface area contributed by atoms with Crippen molar-refractivity contribution in [1.29, 1.82) is 5.26 Å². The first-order valence-corrected chi connectivity index (χ1v) is 10.1. The molecule has 1 aromatic carbocycles. The molecule has 0 radical (unpaired) electrons. The number of nitrogens with zero attached hydrogens (tertiary/aromatic N) is 3. The van der Waals surface area contributed by atoms with Crippen LogP contribution >= 0.6 is 0 Å². The summed E-state index contributed by atoms with van der Waals surface area (Å²) < 4.78 is 54.1. The highest BCUT2D eigenvalue weighted by Crippen LogP contribution is 2.47. The quantitative estimate of drug-likeness (QED) is 0.675. The van der Waals surface area contributed by atoms with Gasteiger partial charge >= 0.3 is 6.18 Å². The van der Waals surface area contributed by atoms with Crippen molar-refractivity contribution in [3.05, 3.63) is 65.2 Å². The second kappa shape index (κ2) is 8.56. The fraction of sp³-hybridized carbons (Fsp3) is 0.478. The SMILES string of the molecule is CC(C)(c1ccc(F)cn1)N1CC[C@](CCc2ccc(C#N)cc2)(C(O)C(F)(F)F)C1. The maximum absolute atomic E-state index is 13.6. The van der Waals surface area contributed by atoms with Crippen molar-refractivity contribution in [2.24, 2.45) is 5.41 Å². The molecule has 2 atom stereocenters. The number of alkyl halides is 3. The number of nitriles is 1. The second-order valence-corrected chi connectivity index (χ2v) is 8.71. The fourth-order valence-corrected chi connectivity index (χ4v) is 4.32. The fourth-order valence-electron chi connectivity index (χ4n) is 4.32. The summed E-state index contributed by atoms with van der Waals surface area (Å²) in [6, 6.07) is 11.5. The van der Waals surface area contributed by atoms with Gasteiger partial charge in [0.2, 0.25) is 0 Å². The smallest absolute Gasteiger partial charge is 0.383 e. The van der Waals surface area contributed by atoms with Crippen LogP contribution in [0.3, 0.4) is 0 Å². The minimum Gasteiger partial charge on any atom is -0.383 e. The van der Waals surface area contributed by atoms with E-state index in [1.165, 1.54) is 12.1 Å². The molecule has 0 bridgehead atoms. The molecular formula is C23H25F4N3O. The number of likely N-dealkylation sites (tertiary alicyclic amines) is 1. The van der Waals surface area contributed by atoms with Gasteiger partial charge in [0.05, 0.1) is 29.1 Å². The lowest BCUT2D eigenvalue weighted by molar-refractivity contribution is -0.239. The van der Waals surface area contributed by atoms with Gasteiger partial charge in [0.15, 0.2) is 6.10 Å². The largest absolute Gasteiger partial charge is 0.414 e. The van der Waals surface area contributed by atoms with Crippen molar-refractivity contribution < 1.29 is 22.7 Å². The van der Waals surface area contributed by atoms with Crippen LogP contribution in [0.25, 0.3) is 0 Å². The predicted octanol–water partition coefficient (Wildman–Crippen LogP) is 4.58. The van der Waals surface area contributed by atoms with Crippen molar-refractivity contribution in [3.8, 4) is 6.07 Å². The molecule has 8 heteroatoms. The Balaban J connectivity index is 1.84. The Morgan fingerprint density at radius 2 is 1.87 bits per heavy atom. The zero-order chi connectivity index (χ0) is 22.9. The van der Waals surface area contributed by atoms with Gasteiger partial charge in [-0.1, -0.05) is 12.1 Å². The average molecular weight is 435 g/mol. The Bertz CT molecular complexity index is 935. The van der Waals surface area contributed by atoms with E-state index in [4.69, 9.17) is 5.26 Å². The van der Waals surface area contributed by atoms with E-state index in [2.05, 4.69) is 4.98 Å². The predicted molar refractivity (Wildman–Crippen MR) is 107 cm³/mol. The molecule has 0 spiro atoms. The van der Waals surface area contributed by atoms with Crippen molar-refractivity contribution in [2.75, 3.05) is 13.1 Å². The van der Waals surface area contributed by atoms with Gasteiger partial charge in [0, 0.05) is 12.0 Å². The Labute approximate surface area is 179 Å². The van der Waals surface area contributed by atoms with E-state index in [9.17, 15) is 22.7 Å². The molecule has 0 saturated carbocycles. The Morgan fingerprint density at radius 3 is 2.42 bits per heavy atom. The number of hydrogen-bond donors (Lipinski definition) is 1. The van der Waals surface area contributed by atoms with Gasteiger partial charge in [0.1, 0.15) is 5.82 Å². The molecule has 1 N–H and O–H groups in total. The second-order valence-electron chi connectivity index (χ2n) is 8.71. The Kier molecular flexibility index (Phi) is 6.40. The first-order valence-electron chi connectivity index (χ1n) is 10.1.